The summed E-state index contributed by atoms with van der Waals surface area (Å²) in [5, 5.41) is 48.6. The first-order valence-corrected chi connectivity index (χ1v) is 21.6. The van der Waals surface area contributed by atoms with Crippen molar-refractivity contribution >= 4 is 40.5 Å². The third-order valence-corrected chi connectivity index (χ3v) is 11.4. The van der Waals surface area contributed by atoms with E-state index >= 15 is 8.63 Å². The molecule has 0 spiro atoms. The number of allylic oxidation sites excluding steroid dienone is 1. The Bertz CT molecular complexity index is 2770. The third-order valence-electron chi connectivity index (χ3n) is 10.6. The minimum atomic E-state index is -4.13. The number of aromatic nitrogens is 4. The second kappa shape index (κ2) is 19.2. The third kappa shape index (κ3) is 9.87. The molecule has 0 radical (unpaired) electrons. The van der Waals surface area contributed by atoms with Crippen molar-refractivity contribution in [3.63, 3.8) is 0 Å². The molecule has 0 bridgehead atoms. The largest absolute Gasteiger partial charge is 0.679 e. The van der Waals surface area contributed by atoms with E-state index < -0.39 is 60.5 Å². The molecule has 5 N–H and O–H groups in total. The highest BCUT2D eigenvalue weighted by molar-refractivity contribution is 7.85. The van der Waals surface area contributed by atoms with Gasteiger partial charge in [-0.2, -0.15) is 8.42 Å². The minimum Gasteiger partial charge on any atom is -0.494 e. The Morgan fingerprint density at radius 3 is 2.09 bits per heavy atom. The first-order valence-electron chi connectivity index (χ1n) is 20.0. The number of aliphatic hydroxyl groups is 4. The van der Waals surface area contributed by atoms with Crippen molar-refractivity contribution < 1.29 is 56.2 Å². The molecule has 64 heavy (non-hydrogen) atoms. The fourth-order valence-corrected chi connectivity index (χ4v) is 7.86. The molecule has 1 saturated heterocycles. The maximum absolute atomic E-state index is 15.4. The fraction of sp³-hybridized carbons (Fsp3) is 0.227. The molecule has 2 aromatic heterocycles. The van der Waals surface area contributed by atoms with E-state index in [0.29, 0.717) is 50.7 Å². The normalized spacial score (nSPS) is 20.5. The Labute approximate surface area is 366 Å². The van der Waals surface area contributed by atoms with Crippen LogP contribution in [0, 0.1) is 0 Å². The zero-order chi connectivity index (χ0) is 45.0. The van der Waals surface area contributed by atoms with Crippen molar-refractivity contribution in [2.75, 3.05) is 19.0 Å². The molecule has 6 aromatic rings. The average molecular weight is 895 g/mol. The lowest BCUT2D eigenvalue weighted by Crippen LogP contribution is -2.56. The van der Waals surface area contributed by atoms with Gasteiger partial charge >= 0.3 is 7.40 Å². The van der Waals surface area contributed by atoms with Gasteiger partial charge < -0.3 is 39.1 Å². The second-order valence-electron chi connectivity index (χ2n) is 14.9. The molecule has 16 nitrogen and oxygen atoms in total. The van der Waals surface area contributed by atoms with Crippen LogP contribution < -0.4 is 9.47 Å². The molecule has 0 aliphatic carbocycles. The molecule has 2 aliphatic rings. The summed E-state index contributed by atoms with van der Waals surface area (Å²) in [5.74, 6) is 0.590. The van der Waals surface area contributed by atoms with Crippen LogP contribution in [0.25, 0.3) is 28.0 Å². The molecule has 0 unspecified atom stereocenters. The summed E-state index contributed by atoms with van der Waals surface area (Å²) in [6.45, 7) is -0.612. The number of ether oxygens (including phenoxy) is 3. The summed E-state index contributed by atoms with van der Waals surface area (Å²) in [7, 11) is -7.14. The number of rotatable bonds is 16. The predicted octanol–water partition coefficient (Wildman–Crippen LogP) is 5.01. The van der Waals surface area contributed by atoms with Crippen molar-refractivity contribution in [3.8, 4) is 33.9 Å². The van der Waals surface area contributed by atoms with Crippen molar-refractivity contribution in [2.24, 2.45) is 9.98 Å². The zero-order valence-corrected chi connectivity index (χ0v) is 34.6. The molecular formula is C44H41BF2N6O10S. The Morgan fingerprint density at radius 2 is 1.45 bits per heavy atom. The van der Waals surface area contributed by atoms with E-state index in [1.54, 1.807) is 54.6 Å². The van der Waals surface area contributed by atoms with Crippen molar-refractivity contribution in [2.45, 2.75) is 43.7 Å². The van der Waals surface area contributed by atoms with Crippen LogP contribution in [0.2, 0.25) is 0 Å². The topological polar surface area (TPSA) is 223 Å². The monoisotopic (exact) mass is 894 g/mol. The van der Waals surface area contributed by atoms with Crippen LogP contribution in [0.15, 0.2) is 138 Å². The highest BCUT2D eigenvalue weighted by Crippen LogP contribution is 2.41. The van der Waals surface area contributed by atoms with Crippen LogP contribution >= 0.6 is 0 Å². The van der Waals surface area contributed by atoms with E-state index in [-0.39, 0.29) is 37.0 Å². The lowest BCUT2D eigenvalue weighted by Gasteiger charge is -2.39. The van der Waals surface area contributed by atoms with Gasteiger partial charge in [-0.25, -0.2) is 14.7 Å². The van der Waals surface area contributed by atoms with Gasteiger partial charge in [-0.05, 0) is 83.8 Å². The van der Waals surface area contributed by atoms with Gasteiger partial charge in [-0.1, -0.05) is 65.9 Å². The standard InChI is InChI=1S/C44H41BF2N6O10S/c46-45(47)53-37(30-14-18-32(19-15-30)61-20-7-21-64(58,59)60)23-35(28-10-5-2-6-11-28)43(53)49-42-34(27-8-3-1-4-9-27)22-36(48-42)29-12-16-33(17-13-29)62-26-31-24-52(51-50-31)39-41(56)40(55)38(25-54)63-44(39)57/h1-6,8-19,22-24,38-41,44,54-57H,7,20-21,25-26H2,(H,58,59,60)/b49-42-/t38-,39-,40-,41-,44-/m1/s1. The number of benzene rings is 4. The Hall–Kier alpha value is -6.39. The summed E-state index contributed by atoms with van der Waals surface area (Å²) >= 11 is 0. The Balaban J connectivity index is 1.07. The van der Waals surface area contributed by atoms with E-state index in [0.717, 1.165) is 10.0 Å². The highest BCUT2D eigenvalue weighted by Gasteiger charge is 2.45. The second-order valence-corrected chi connectivity index (χ2v) is 16.4. The number of amidine groups is 1. The van der Waals surface area contributed by atoms with Crippen LogP contribution in [0.4, 0.5) is 14.4 Å². The van der Waals surface area contributed by atoms with E-state index in [2.05, 4.69) is 10.3 Å². The average Bonchev–Trinajstić information content (AvgIpc) is 4.04. The summed E-state index contributed by atoms with van der Waals surface area (Å²) < 4.78 is 80.7. The number of hydrogen-bond donors (Lipinski definition) is 5. The molecule has 5 atom stereocenters. The van der Waals surface area contributed by atoms with Crippen molar-refractivity contribution in [1.82, 2.24) is 19.5 Å². The van der Waals surface area contributed by atoms with Crippen LogP contribution in [0.3, 0.4) is 0 Å². The van der Waals surface area contributed by atoms with E-state index in [1.807, 2.05) is 66.7 Å². The Morgan fingerprint density at radius 1 is 0.812 bits per heavy atom. The van der Waals surface area contributed by atoms with Crippen LogP contribution in [-0.4, -0.2) is 115 Å². The fourth-order valence-electron chi connectivity index (χ4n) is 7.38. The van der Waals surface area contributed by atoms with Gasteiger partial charge in [-0.15, -0.1) is 5.10 Å². The van der Waals surface area contributed by atoms with Crippen LogP contribution in [-0.2, 0) is 21.5 Å². The summed E-state index contributed by atoms with van der Waals surface area (Å²) in [4.78, 5) is 9.80. The van der Waals surface area contributed by atoms with E-state index in [4.69, 9.17) is 28.7 Å². The van der Waals surface area contributed by atoms with E-state index in [1.165, 1.54) is 10.9 Å². The quantitative estimate of drug-likeness (QED) is 0.0492. The number of nitrogens with zero attached hydrogens (tertiary/aromatic N) is 6. The number of aliphatic hydroxyl groups excluding tert-OH is 4. The summed E-state index contributed by atoms with van der Waals surface area (Å²) in [6.07, 6.45) is -2.33. The minimum absolute atomic E-state index is 0.0187. The van der Waals surface area contributed by atoms with Crippen LogP contribution in [0.5, 0.6) is 11.5 Å². The number of halogens is 2. The van der Waals surface area contributed by atoms with Gasteiger partial charge in [0.1, 0.15) is 54.0 Å². The molecule has 330 valence electrons. The summed E-state index contributed by atoms with van der Waals surface area (Å²) in [5.41, 5.74) is 4.66. The first-order chi connectivity index (χ1) is 30.9. The molecule has 20 heteroatoms. The first kappa shape index (κ1) is 44.2. The smallest absolute Gasteiger partial charge is 0.494 e. The van der Waals surface area contributed by atoms with Gasteiger partial charge in [-0.3, -0.25) is 13.2 Å². The van der Waals surface area contributed by atoms with Crippen molar-refractivity contribution in [3.05, 3.63) is 144 Å². The van der Waals surface area contributed by atoms with Crippen molar-refractivity contribution in [1.29, 1.82) is 0 Å². The maximum Gasteiger partial charge on any atom is 0.679 e. The highest BCUT2D eigenvalue weighted by atomic mass is 32.2. The number of hydrogen-bond acceptors (Lipinski definition) is 12. The van der Waals surface area contributed by atoms with Gasteiger partial charge in [0.15, 0.2) is 12.1 Å². The van der Waals surface area contributed by atoms with Gasteiger partial charge in [0.2, 0.25) is 0 Å². The summed E-state index contributed by atoms with van der Waals surface area (Å²) in [6, 6.07) is 32.3. The predicted molar refractivity (Wildman–Crippen MR) is 233 cm³/mol. The van der Waals surface area contributed by atoms with Crippen LogP contribution in [0.1, 0.15) is 29.3 Å². The molecular weight excluding hydrogens is 853 g/mol. The molecule has 2 aliphatic heterocycles. The molecule has 8 rings (SSSR count). The SMILES string of the molecule is O=S(=O)(O)CCCOc1ccc(-c2cc(-c3ccccc3)c(/N=C3\N=C(c4ccc(OCc5cn([C@@H]6[C@@H](O)[C@H](O)[C@@H](CO)O[C@H]6O)nn5)cc4)C=C3c3ccccc3)n2B(F)F)cc1. The molecule has 4 heterocycles. The molecule has 0 amide bonds. The molecule has 4 aromatic carbocycles. The van der Waals surface area contributed by atoms with Gasteiger partial charge in [0.25, 0.3) is 10.1 Å². The van der Waals surface area contributed by atoms with E-state index in [9.17, 15) is 28.8 Å². The maximum atomic E-state index is 15.4. The molecule has 0 saturated carbocycles. The van der Waals surface area contributed by atoms with Gasteiger partial charge in [0, 0.05) is 22.4 Å². The molecule has 1 fully saturated rings. The zero-order valence-electron chi connectivity index (χ0n) is 33.7. The number of aliphatic imine (C=N–C) groups is 2. The Kier molecular flexibility index (Phi) is 13.2. The van der Waals surface area contributed by atoms with Gasteiger partial charge in [0.05, 0.1) is 30.9 Å². The lowest BCUT2D eigenvalue weighted by molar-refractivity contribution is -0.265. The lowest BCUT2D eigenvalue weighted by atomic mass is 9.97.